The predicted octanol–water partition coefficient (Wildman–Crippen LogP) is 6.65. The molecule has 0 unspecified atom stereocenters. The van der Waals surface area contributed by atoms with E-state index in [1.54, 1.807) is 18.7 Å². The Morgan fingerprint density at radius 3 is 2.60 bits per heavy atom. The highest BCUT2D eigenvalue weighted by Gasteiger charge is 2.49. The summed E-state index contributed by atoms with van der Waals surface area (Å²) in [5, 5.41) is -0.428. The fourth-order valence-electron chi connectivity index (χ4n) is 7.66. The summed E-state index contributed by atoms with van der Waals surface area (Å²) < 4.78 is 111. The first-order valence-electron chi connectivity index (χ1n) is 16.0. The number of aromatic nitrogens is 3. The van der Waals surface area contributed by atoms with Crippen LogP contribution in [0.2, 0.25) is 0 Å². The highest BCUT2D eigenvalue weighted by molar-refractivity contribution is 7.22. The Hall–Kier alpha value is -4.25. The minimum Gasteiger partial charge on any atom is -0.461 e. The molecule has 4 aromatic rings. The van der Waals surface area contributed by atoms with Gasteiger partial charge in [0.1, 0.15) is 29.9 Å². The van der Waals surface area contributed by atoms with Gasteiger partial charge in [-0.15, -0.1) is 0 Å². The Bertz CT molecular complexity index is 2040. The standard InChI is InChI=1S/C33H32F7N7O2S/c1-15-12-47(29(48)17(3)34)16(2)11-46(15)28-20-9-21(33(38,39)40)23(19-5-6-22(36)27-26(19)42-30(41)50-27)24(37)25(20)43-31(44-28)49-14-32-7-4-8-45(32)13-18(35)10-32/h5-6,9,15-16,18H,3-4,7-8,10-14H2,1-2H3,(H2,41,42)/t15-,16+,18+,32+/m0/s1. The van der Waals surface area contributed by atoms with E-state index in [9.17, 15) is 31.1 Å². The number of hydrogen-bond donors (Lipinski definition) is 1. The number of piperazine rings is 1. The lowest BCUT2D eigenvalue weighted by Crippen LogP contribution is -2.58. The molecular formula is C33H32F7N7O2S. The molecule has 7 rings (SSSR count). The summed E-state index contributed by atoms with van der Waals surface area (Å²) in [4.78, 5) is 30.2. The summed E-state index contributed by atoms with van der Waals surface area (Å²) in [5.74, 6) is -4.36. The van der Waals surface area contributed by atoms with Crippen LogP contribution in [0.4, 0.5) is 41.7 Å². The Morgan fingerprint density at radius 2 is 1.88 bits per heavy atom. The van der Waals surface area contributed by atoms with Crippen molar-refractivity contribution in [3.05, 3.63) is 47.8 Å². The van der Waals surface area contributed by atoms with Crippen LogP contribution in [-0.2, 0) is 11.0 Å². The number of thiazole rings is 1. The van der Waals surface area contributed by atoms with Crippen LogP contribution in [0.5, 0.6) is 6.01 Å². The van der Waals surface area contributed by atoms with Gasteiger partial charge >= 0.3 is 12.2 Å². The Kier molecular flexibility index (Phi) is 8.36. The number of nitrogens with zero attached hydrogens (tertiary/aromatic N) is 6. The van der Waals surface area contributed by atoms with Crippen molar-refractivity contribution < 1.29 is 40.3 Å². The van der Waals surface area contributed by atoms with Gasteiger partial charge in [-0.1, -0.05) is 17.9 Å². The van der Waals surface area contributed by atoms with Gasteiger partial charge < -0.3 is 20.3 Å². The molecule has 266 valence electrons. The van der Waals surface area contributed by atoms with Gasteiger partial charge in [0.05, 0.1) is 21.3 Å². The van der Waals surface area contributed by atoms with Crippen LogP contribution in [0.1, 0.15) is 38.7 Å². The number of halogens is 7. The molecule has 3 saturated heterocycles. The number of rotatable bonds is 6. The molecule has 4 atom stereocenters. The molecule has 2 N–H and O–H groups in total. The highest BCUT2D eigenvalue weighted by atomic mass is 32.1. The lowest BCUT2D eigenvalue weighted by molar-refractivity contribution is -0.137. The summed E-state index contributed by atoms with van der Waals surface area (Å²) in [7, 11) is 0. The van der Waals surface area contributed by atoms with E-state index in [2.05, 4.69) is 21.5 Å². The van der Waals surface area contributed by atoms with Gasteiger partial charge in [0.2, 0.25) is 0 Å². The van der Waals surface area contributed by atoms with E-state index in [1.807, 2.05) is 4.90 Å². The summed E-state index contributed by atoms with van der Waals surface area (Å²) in [5.41, 5.74) is 1.74. The number of hydrogen-bond acceptors (Lipinski definition) is 9. The van der Waals surface area contributed by atoms with Gasteiger partial charge in [0.15, 0.2) is 16.8 Å². The van der Waals surface area contributed by atoms with Crippen LogP contribution in [0.3, 0.4) is 0 Å². The van der Waals surface area contributed by atoms with Gasteiger partial charge in [-0.2, -0.15) is 23.1 Å². The molecule has 0 bridgehead atoms. The summed E-state index contributed by atoms with van der Waals surface area (Å²) >= 11 is 0.712. The fourth-order valence-corrected chi connectivity index (χ4v) is 8.43. The second-order valence-electron chi connectivity index (χ2n) is 13.2. The Balaban J connectivity index is 1.42. The zero-order valence-corrected chi connectivity index (χ0v) is 27.8. The van der Waals surface area contributed by atoms with Crippen molar-refractivity contribution in [1.82, 2.24) is 24.8 Å². The lowest BCUT2D eigenvalue weighted by Gasteiger charge is -2.44. The van der Waals surface area contributed by atoms with Crippen LogP contribution < -0.4 is 15.4 Å². The smallest absolute Gasteiger partial charge is 0.417 e. The van der Waals surface area contributed by atoms with Crippen LogP contribution in [0.25, 0.3) is 32.2 Å². The van der Waals surface area contributed by atoms with E-state index in [4.69, 9.17) is 10.5 Å². The van der Waals surface area contributed by atoms with Gasteiger partial charge in [-0.3, -0.25) is 9.69 Å². The minimum absolute atomic E-state index is 0.0195. The molecule has 0 spiro atoms. The van der Waals surface area contributed by atoms with Gasteiger partial charge in [0.25, 0.3) is 5.91 Å². The zero-order chi connectivity index (χ0) is 35.9. The zero-order valence-electron chi connectivity index (χ0n) is 27.0. The van der Waals surface area contributed by atoms with Crippen molar-refractivity contribution >= 4 is 49.3 Å². The third-order valence-electron chi connectivity index (χ3n) is 9.96. The number of fused-ring (bicyclic) bond motifs is 3. The quantitative estimate of drug-likeness (QED) is 0.175. The first kappa shape index (κ1) is 34.2. The normalized spacial score (nSPS) is 24.4. The second kappa shape index (κ2) is 12.2. The fraction of sp³-hybridized carbons (Fsp3) is 0.455. The van der Waals surface area contributed by atoms with Crippen molar-refractivity contribution in [2.45, 2.75) is 63.1 Å². The number of nitrogens with two attached hydrogens (primary N) is 1. The molecule has 3 aliphatic rings. The third-order valence-corrected chi connectivity index (χ3v) is 10.9. The second-order valence-corrected chi connectivity index (χ2v) is 14.3. The first-order chi connectivity index (χ1) is 23.6. The maximum atomic E-state index is 17.0. The van der Waals surface area contributed by atoms with Crippen molar-refractivity contribution in [3.63, 3.8) is 0 Å². The number of carbonyl (C=O) groups excluding carboxylic acids is 1. The van der Waals surface area contributed by atoms with E-state index in [-0.39, 0.29) is 70.8 Å². The SMILES string of the molecule is C=C(F)C(=O)N1C[C@H](C)N(c2nc(OC[C@]34CCCN3C[C@H](F)C4)nc3c(F)c(-c4ccc(F)c5sc(N)nc45)c(C(F)(F)F)cc23)C[C@H]1C. The van der Waals surface area contributed by atoms with Crippen LogP contribution >= 0.6 is 11.3 Å². The van der Waals surface area contributed by atoms with Gasteiger partial charge in [-0.05, 0) is 51.4 Å². The van der Waals surface area contributed by atoms with Crippen molar-refractivity contribution in [2.75, 3.05) is 43.4 Å². The number of amides is 1. The summed E-state index contributed by atoms with van der Waals surface area (Å²) in [6, 6.07) is 1.02. The molecule has 0 saturated carbocycles. The van der Waals surface area contributed by atoms with Gasteiger partial charge in [-0.25, -0.2) is 22.5 Å². The molecule has 3 fully saturated rings. The predicted molar refractivity (Wildman–Crippen MR) is 174 cm³/mol. The lowest BCUT2D eigenvalue weighted by atomic mass is 9.94. The number of benzene rings is 2. The maximum absolute atomic E-state index is 17.0. The molecule has 0 aliphatic carbocycles. The molecule has 0 radical (unpaired) electrons. The van der Waals surface area contributed by atoms with Gasteiger partial charge in [0, 0.05) is 54.7 Å². The van der Waals surface area contributed by atoms with Crippen LogP contribution in [0, 0.1) is 11.6 Å². The van der Waals surface area contributed by atoms with Crippen LogP contribution in [-0.4, -0.2) is 87.2 Å². The van der Waals surface area contributed by atoms with E-state index in [1.165, 1.54) is 4.90 Å². The molecular weight excluding hydrogens is 691 g/mol. The Labute approximate surface area is 285 Å². The molecule has 3 aliphatic heterocycles. The first-order valence-corrected chi connectivity index (χ1v) is 16.8. The molecule has 1 amide bonds. The molecule has 9 nitrogen and oxygen atoms in total. The highest BCUT2D eigenvalue weighted by Crippen LogP contribution is 2.47. The molecule has 50 heavy (non-hydrogen) atoms. The molecule has 2 aromatic carbocycles. The minimum atomic E-state index is -5.11. The summed E-state index contributed by atoms with van der Waals surface area (Å²) in [6.07, 6.45) is -4.51. The molecule has 17 heteroatoms. The number of carbonyl (C=O) groups is 1. The average Bonchev–Trinajstić information content (AvgIpc) is 3.72. The average molecular weight is 724 g/mol. The molecule has 5 heterocycles. The van der Waals surface area contributed by atoms with E-state index < -0.39 is 70.0 Å². The number of nitrogen functional groups attached to an aromatic ring is 1. The Morgan fingerprint density at radius 1 is 1.12 bits per heavy atom. The number of alkyl halides is 4. The number of ether oxygens (including phenoxy) is 1. The summed E-state index contributed by atoms with van der Waals surface area (Å²) in [6.45, 7) is 7.17. The third kappa shape index (κ3) is 5.67. The van der Waals surface area contributed by atoms with E-state index in [0.717, 1.165) is 24.6 Å². The topological polar surface area (TPSA) is 101 Å². The molecule has 2 aromatic heterocycles. The maximum Gasteiger partial charge on any atom is 0.417 e. The van der Waals surface area contributed by atoms with E-state index in [0.29, 0.717) is 24.3 Å². The largest absolute Gasteiger partial charge is 0.461 e. The van der Waals surface area contributed by atoms with Crippen molar-refractivity contribution in [3.8, 4) is 17.1 Å². The monoisotopic (exact) mass is 723 g/mol. The van der Waals surface area contributed by atoms with Crippen molar-refractivity contribution in [2.24, 2.45) is 0 Å². The number of anilines is 2. The van der Waals surface area contributed by atoms with Crippen LogP contribution in [0.15, 0.2) is 30.6 Å². The van der Waals surface area contributed by atoms with E-state index >= 15 is 4.39 Å². The van der Waals surface area contributed by atoms with Crippen molar-refractivity contribution in [1.29, 1.82) is 0 Å².